The summed E-state index contributed by atoms with van der Waals surface area (Å²) in [6.45, 7) is -0.463. The number of benzene rings is 1. The normalized spacial score (nSPS) is 28.6. The van der Waals surface area contributed by atoms with Gasteiger partial charge in [0.25, 0.3) is 0 Å². The molecule has 1 saturated heterocycles. The lowest BCUT2D eigenvalue weighted by molar-refractivity contribution is -0.145. The van der Waals surface area contributed by atoms with Crippen LogP contribution in [0.25, 0.3) is 0 Å². The molecule has 6 nitrogen and oxygen atoms in total. The van der Waals surface area contributed by atoms with E-state index in [9.17, 15) is 23.6 Å². The first kappa shape index (κ1) is 17.8. The topological polar surface area (TPSA) is 80.8 Å². The molecule has 0 radical (unpaired) electrons. The summed E-state index contributed by atoms with van der Waals surface area (Å²) in [5.74, 6) is -1.65. The molecule has 7 heteroatoms. The highest BCUT2D eigenvalue weighted by molar-refractivity contribution is 6.06. The lowest BCUT2D eigenvalue weighted by atomic mass is 9.81. The second-order valence-electron chi connectivity index (χ2n) is 7.55. The molecule has 1 heterocycles. The Morgan fingerprint density at radius 1 is 1.04 bits per heavy atom. The third-order valence-electron chi connectivity index (χ3n) is 6.09. The van der Waals surface area contributed by atoms with Crippen LogP contribution in [-0.4, -0.2) is 41.6 Å². The standard InChI is InChI=1S/C20H20FNO5/c21-14-5-3-11(4-6-14)15(23)10-27-16(24)7-8-22-19(25)17-12-1-2-13(9-12)18(17)20(22)26/h3-6,12-13,17-18H,1-2,7-10H2/t12-,13-,17-,18+/m1/s1. The van der Waals surface area contributed by atoms with Crippen molar-refractivity contribution < 1.29 is 28.3 Å². The highest BCUT2D eigenvalue weighted by Gasteiger charge is 2.60. The van der Waals surface area contributed by atoms with Crippen LogP contribution < -0.4 is 0 Å². The fraction of sp³-hybridized carbons (Fsp3) is 0.500. The number of hydrogen-bond acceptors (Lipinski definition) is 5. The van der Waals surface area contributed by atoms with E-state index in [1.54, 1.807) is 0 Å². The van der Waals surface area contributed by atoms with Gasteiger partial charge in [0, 0.05) is 12.1 Å². The Kier molecular flexibility index (Phi) is 4.53. The van der Waals surface area contributed by atoms with Gasteiger partial charge in [0.2, 0.25) is 11.8 Å². The average molecular weight is 373 g/mol. The fourth-order valence-electron chi connectivity index (χ4n) is 4.83. The first-order valence-corrected chi connectivity index (χ1v) is 9.25. The minimum absolute atomic E-state index is 0.00627. The first-order valence-electron chi connectivity index (χ1n) is 9.25. The third-order valence-corrected chi connectivity index (χ3v) is 6.09. The molecule has 0 unspecified atom stereocenters. The molecule has 2 amide bonds. The molecule has 27 heavy (non-hydrogen) atoms. The van der Waals surface area contributed by atoms with Gasteiger partial charge < -0.3 is 4.74 Å². The van der Waals surface area contributed by atoms with Gasteiger partial charge in [-0.3, -0.25) is 24.1 Å². The molecule has 4 atom stereocenters. The molecule has 0 aromatic heterocycles. The number of ketones is 1. The smallest absolute Gasteiger partial charge is 0.308 e. The number of amides is 2. The van der Waals surface area contributed by atoms with Crippen molar-refractivity contribution in [3.05, 3.63) is 35.6 Å². The van der Waals surface area contributed by atoms with Gasteiger partial charge in [-0.2, -0.15) is 0 Å². The van der Waals surface area contributed by atoms with Gasteiger partial charge in [-0.1, -0.05) is 0 Å². The zero-order valence-electron chi connectivity index (χ0n) is 14.7. The molecule has 3 fully saturated rings. The van der Waals surface area contributed by atoms with Gasteiger partial charge >= 0.3 is 5.97 Å². The van der Waals surface area contributed by atoms with Crippen LogP contribution in [0.5, 0.6) is 0 Å². The van der Waals surface area contributed by atoms with Crippen molar-refractivity contribution in [3.8, 4) is 0 Å². The van der Waals surface area contributed by atoms with Crippen LogP contribution in [0.15, 0.2) is 24.3 Å². The molecule has 1 aromatic carbocycles. The van der Waals surface area contributed by atoms with Crippen molar-refractivity contribution in [2.45, 2.75) is 25.7 Å². The van der Waals surface area contributed by atoms with Gasteiger partial charge in [0.1, 0.15) is 5.82 Å². The predicted octanol–water partition coefficient (Wildman–Crippen LogP) is 1.97. The summed E-state index contributed by atoms with van der Waals surface area (Å²) in [5.41, 5.74) is 0.248. The largest absolute Gasteiger partial charge is 0.457 e. The van der Waals surface area contributed by atoms with Crippen LogP contribution in [-0.2, 0) is 19.1 Å². The Morgan fingerprint density at radius 3 is 2.22 bits per heavy atom. The Hall–Kier alpha value is -2.57. The zero-order valence-corrected chi connectivity index (χ0v) is 14.7. The van der Waals surface area contributed by atoms with Crippen LogP contribution in [0.2, 0.25) is 0 Å². The lowest BCUT2D eigenvalue weighted by Crippen LogP contribution is -2.35. The SMILES string of the molecule is O=C(CCN1C(=O)[C@@H]2[C@@H]3CC[C@H](C3)[C@@H]2C1=O)OCC(=O)c1ccc(F)cc1. The van der Waals surface area contributed by atoms with Crippen molar-refractivity contribution in [1.29, 1.82) is 0 Å². The van der Waals surface area contributed by atoms with E-state index in [1.165, 1.54) is 17.0 Å². The molecule has 1 aliphatic heterocycles. The third kappa shape index (κ3) is 3.15. The predicted molar refractivity (Wildman–Crippen MR) is 90.8 cm³/mol. The minimum Gasteiger partial charge on any atom is -0.457 e. The number of imide groups is 1. The molecule has 2 bridgehead atoms. The first-order chi connectivity index (χ1) is 13.0. The maximum atomic E-state index is 12.9. The van der Waals surface area contributed by atoms with Gasteiger partial charge in [0.05, 0.1) is 18.3 Å². The number of carbonyl (C=O) groups is 4. The maximum Gasteiger partial charge on any atom is 0.308 e. The molecule has 0 N–H and O–H groups in total. The molecule has 142 valence electrons. The number of likely N-dealkylation sites (tertiary alicyclic amines) is 1. The molecule has 0 spiro atoms. The van der Waals surface area contributed by atoms with Crippen LogP contribution in [0, 0.1) is 29.5 Å². The Balaban J connectivity index is 1.27. The highest BCUT2D eigenvalue weighted by atomic mass is 19.1. The number of carbonyl (C=O) groups excluding carboxylic acids is 4. The summed E-state index contributed by atoms with van der Waals surface area (Å²) in [7, 11) is 0. The summed E-state index contributed by atoms with van der Waals surface area (Å²) < 4.78 is 17.8. The summed E-state index contributed by atoms with van der Waals surface area (Å²) in [4.78, 5) is 50.1. The summed E-state index contributed by atoms with van der Waals surface area (Å²) in [6.07, 6.45) is 2.84. The summed E-state index contributed by atoms with van der Waals surface area (Å²) in [6, 6.07) is 4.95. The average Bonchev–Trinajstić information content (AvgIpc) is 3.33. The Bertz CT molecular complexity index is 777. The molecular formula is C20H20FNO5. The second kappa shape index (κ2) is 6.87. The molecular weight excluding hydrogens is 353 g/mol. The van der Waals surface area contributed by atoms with Crippen LogP contribution in [0.1, 0.15) is 36.0 Å². The van der Waals surface area contributed by atoms with Crippen molar-refractivity contribution in [3.63, 3.8) is 0 Å². The fourth-order valence-corrected chi connectivity index (χ4v) is 4.83. The number of fused-ring (bicyclic) bond motifs is 5. The van der Waals surface area contributed by atoms with E-state index < -0.39 is 24.2 Å². The Labute approximate surface area is 155 Å². The van der Waals surface area contributed by atoms with Crippen molar-refractivity contribution in [2.75, 3.05) is 13.2 Å². The lowest BCUT2D eigenvalue weighted by Gasteiger charge is -2.19. The molecule has 2 saturated carbocycles. The number of ether oxygens (including phenoxy) is 1. The molecule has 2 aliphatic carbocycles. The van der Waals surface area contributed by atoms with E-state index in [1.807, 2.05) is 0 Å². The quantitative estimate of drug-likeness (QED) is 0.433. The van der Waals surface area contributed by atoms with Crippen molar-refractivity contribution in [2.24, 2.45) is 23.7 Å². The van der Waals surface area contributed by atoms with E-state index in [0.717, 1.165) is 31.4 Å². The van der Waals surface area contributed by atoms with Crippen LogP contribution in [0.4, 0.5) is 4.39 Å². The van der Waals surface area contributed by atoms with Crippen LogP contribution in [0.3, 0.4) is 0 Å². The number of rotatable bonds is 6. The Morgan fingerprint density at radius 2 is 1.63 bits per heavy atom. The molecule has 4 rings (SSSR count). The highest BCUT2D eigenvalue weighted by Crippen LogP contribution is 2.56. The maximum absolute atomic E-state index is 12.9. The zero-order chi connectivity index (χ0) is 19.1. The van der Waals surface area contributed by atoms with E-state index in [4.69, 9.17) is 4.74 Å². The second-order valence-corrected chi connectivity index (χ2v) is 7.55. The number of nitrogens with zero attached hydrogens (tertiary/aromatic N) is 1. The van der Waals surface area contributed by atoms with E-state index >= 15 is 0 Å². The van der Waals surface area contributed by atoms with E-state index in [2.05, 4.69) is 0 Å². The van der Waals surface area contributed by atoms with Gasteiger partial charge in [-0.25, -0.2) is 4.39 Å². The van der Waals surface area contributed by atoms with E-state index in [0.29, 0.717) is 11.8 Å². The number of esters is 1. The van der Waals surface area contributed by atoms with Crippen molar-refractivity contribution in [1.82, 2.24) is 4.90 Å². The summed E-state index contributed by atoms with van der Waals surface area (Å²) >= 11 is 0. The number of hydrogen-bond donors (Lipinski definition) is 0. The van der Waals surface area contributed by atoms with Gasteiger partial charge in [-0.15, -0.1) is 0 Å². The number of halogens is 1. The number of Topliss-reactive ketones (excluding diaryl/α,β-unsaturated/α-hetero) is 1. The van der Waals surface area contributed by atoms with Gasteiger partial charge in [-0.05, 0) is 55.4 Å². The summed E-state index contributed by atoms with van der Waals surface area (Å²) in [5, 5.41) is 0. The molecule has 3 aliphatic rings. The monoisotopic (exact) mass is 373 g/mol. The molecule has 1 aromatic rings. The van der Waals surface area contributed by atoms with Crippen molar-refractivity contribution >= 4 is 23.6 Å². The van der Waals surface area contributed by atoms with Crippen LogP contribution >= 0.6 is 0 Å². The van der Waals surface area contributed by atoms with Gasteiger partial charge in [0.15, 0.2) is 12.4 Å². The minimum atomic E-state index is -0.647. The van der Waals surface area contributed by atoms with E-state index in [-0.39, 0.29) is 42.2 Å².